The van der Waals surface area contributed by atoms with Crippen molar-refractivity contribution >= 4 is 11.9 Å². The molecule has 0 heterocycles. The smallest absolute Gasteiger partial charge is 0.166 e. The number of aliphatic hydroxyl groups is 1. The first-order valence-electron chi connectivity index (χ1n) is 4.82. The maximum Gasteiger partial charge on any atom is 0.166 e. The molecule has 0 unspecified atom stereocenters. The number of rotatable bonds is 4. The maximum atomic E-state index is 11.4. The Bertz CT molecular complexity index is 380. The van der Waals surface area contributed by atoms with Crippen molar-refractivity contribution in [1.29, 1.82) is 0 Å². The standard InChI is InChI=1S/C12H14O3/c1-2-11(14)10-8-9(4-3-7-13)5-6-12(10)15/h3-6,8,13,15H,2,7H2,1H3. The van der Waals surface area contributed by atoms with Gasteiger partial charge in [-0.3, -0.25) is 4.79 Å². The van der Waals surface area contributed by atoms with E-state index in [2.05, 4.69) is 0 Å². The molecule has 3 nitrogen and oxygen atoms in total. The summed E-state index contributed by atoms with van der Waals surface area (Å²) >= 11 is 0. The van der Waals surface area contributed by atoms with E-state index in [9.17, 15) is 9.90 Å². The minimum atomic E-state index is -0.0910. The molecule has 0 amide bonds. The summed E-state index contributed by atoms with van der Waals surface area (Å²) in [7, 11) is 0. The lowest BCUT2D eigenvalue weighted by Gasteiger charge is -2.03. The van der Waals surface area contributed by atoms with E-state index in [1.165, 1.54) is 6.07 Å². The van der Waals surface area contributed by atoms with Gasteiger partial charge in [-0.2, -0.15) is 0 Å². The summed E-state index contributed by atoms with van der Waals surface area (Å²) in [5.74, 6) is -0.0882. The lowest BCUT2D eigenvalue weighted by atomic mass is 10.0. The number of benzene rings is 1. The average molecular weight is 206 g/mol. The summed E-state index contributed by atoms with van der Waals surface area (Å²) in [6, 6.07) is 4.79. The fourth-order valence-electron chi connectivity index (χ4n) is 1.26. The number of hydrogen-bond donors (Lipinski definition) is 2. The van der Waals surface area contributed by atoms with Gasteiger partial charge in [-0.1, -0.05) is 25.1 Å². The largest absolute Gasteiger partial charge is 0.507 e. The Balaban J connectivity index is 3.05. The zero-order valence-electron chi connectivity index (χ0n) is 8.60. The number of ketones is 1. The zero-order chi connectivity index (χ0) is 11.3. The summed E-state index contributed by atoms with van der Waals surface area (Å²) in [6.07, 6.45) is 3.64. The van der Waals surface area contributed by atoms with Gasteiger partial charge in [0.15, 0.2) is 5.78 Å². The van der Waals surface area contributed by atoms with E-state index in [-0.39, 0.29) is 18.1 Å². The molecule has 0 aliphatic rings. The van der Waals surface area contributed by atoms with E-state index in [4.69, 9.17) is 5.11 Å². The van der Waals surface area contributed by atoms with E-state index in [1.807, 2.05) is 0 Å². The Kier molecular flexibility index (Phi) is 4.06. The van der Waals surface area contributed by atoms with Gasteiger partial charge in [0, 0.05) is 6.42 Å². The second-order valence-corrected chi connectivity index (χ2v) is 3.14. The molecule has 3 heteroatoms. The van der Waals surface area contributed by atoms with Gasteiger partial charge in [0.2, 0.25) is 0 Å². The van der Waals surface area contributed by atoms with Crippen LogP contribution in [0.4, 0.5) is 0 Å². The van der Waals surface area contributed by atoms with Crippen LogP contribution in [0.15, 0.2) is 24.3 Å². The van der Waals surface area contributed by atoms with E-state index in [0.29, 0.717) is 12.0 Å². The Morgan fingerprint density at radius 3 is 2.80 bits per heavy atom. The Morgan fingerprint density at radius 2 is 2.20 bits per heavy atom. The van der Waals surface area contributed by atoms with Gasteiger partial charge in [0.25, 0.3) is 0 Å². The molecule has 0 spiro atoms. The lowest BCUT2D eigenvalue weighted by molar-refractivity contribution is 0.0985. The van der Waals surface area contributed by atoms with Crippen molar-refractivity contribution in [1.82, 2.24) is 0 Å². The van der Waals surface area contributed by atoms with Gasteiger partial charge in [0.05, 0.1) is 12.2 Å². The van der Waals surface area contributed by atoms with Crippen LogP contribution in [0.1, 0.15) is 29.3 Å². The second kappa shape index (κ2) is 5.32. The van der Waals surface area contributed by atoms with Crippen LogP contribution in [-0.4, -0.2) is 22.6 Å². The van der Waals surface area contributed by atoms with Crippen molar-refractivity contribution in [2.45, 2.75) is 13.3 Å². The number of hydrogen-bond acceptors (Lipinski definition) is 3. The molecule has 0 atom stereocenters. The fourth-order valence-corrected chi connectivity index (χ4v) is 1.26. The molecule has 0 fully saturated rings. The van der Waals surface area contributed by atoms with Crippen molar-refractivity contribution in [3.8, 4) is 5.75 Å². The molecule has 0 radical (unpaired) electrons. The first-order chi connectivity index (χ1) is 7.19. The molecule has 0 aliphatic heterocycles. The number of Topliss-reactive ketones (excluding diaryl/α,β-unsaturated/α-hetero) is 1. The lowest BCUT2D eigenvalue weighted by Crippen LogP contribution is -1.97. The minimum Gasteiger partial charge on any atom is -0.507 e. The van der Waals surface area contributed by atoms with Crippen LogP contribution >= 0.6 is 0 Å². The van der Waals surface area contributed by atoms with Crippen LogP contribution in [0, 0.1) is 0 Å². The molecular formula is C12H14O3. The van der Waals surface area contributed by atoms with Gasteiger partial charge in [-0.15, -0.1) is 0 Å². The van der Waals surface area contributed by atoms with E-state index in [1.54, 1.807) is 31.2 Å². The van der Waals surface area contributed by atoms with Crippen molar-refractivity contribution < 1.29 is 15.0 Å². The molecule has 1 aromatic rings. The van der Waals surface area contributed by atoms with E-state index >= 15 is 0 Å². The SMILES string of the molecule is CCC(=O)c1cc(C=CCO)ccc1O. The summed E-state index contributed by atoms with van der Waals surface area (Å²) in [4.78, 5) is 11.4. The topological polar surface area (TPSA) is 57.5 Å². The Hall–Kier alpha value is -1.61. The molecule has 1 aromatic carbocycles. The Morgan fingerprint density at radius 1 is 1.47 bits per heavy atom. The molecular weight excluding hydrogens is 192 g/mol. The fraction of sp³-hybridized carbons (Fsp3) is 0.250. The van der Waals surface area contributed by atoms with Gasteiger partial charge in [0.1, 0.15) is 5.75 Å². The third kappa shape index (κ3) is 2.92. The maximum absolute atomic E-state index is 11.4. The highest BCUT2D eigenvalue weighted by molar-refractivity contribution is 5.98. The number of phenolic OH excluding ortho intramolecular Hbond substituents is 1. The molecule has 2 N–H and O–H groups in total. The molecule has 0 aromatic heterocycles. The van der Waals surface area contributed by atoms with Crippen LogP contribution in [-0.2, 0) is 0 Å². The highest BCUT2D eigenvalue weighted by Crippen LogP contribution is 2.20. The third-order valence-electron chi connectivity index (χ3n) is 2.06. The molecule has 80 valence electrons. The number of carbonyl (C=O) groups excluding carboxylic acids is 1. The van der Waals surface area contributed by atoms with Crippen LogP contribution in [0.2, 0.25) is 0 Å². The predicted molar refractivity (Wildman–Crippen MR) is 58.8 cm³/mol. The summed E-state index contributed by atoms with van der Waals surface area (Å²) in [5, 5.41) is 18.1. The number of aliphatic hydroxyl groups excluding tert-OH is 1. The zero-order valence-corrected chi connectivity index (χ0v) is 8.60. The second-order valence-electron chi connectivity index (χ2n) is 3.14. The molecule has 0 aliphatic carbocycles. The quantitative estimate of drug-likeness (QED) is 0.741. The molecule has 0 bridgehead atoms. The predicted octanol–water partition coefficient (Wildman–Crippen LogP) is 1.99. The molecule has 0 saturated carbocycles. The number of phenols is 1. The highest BCUT2D eigenvalue weighted by Gasteiger charge is 2.08. The highest BCUT2D eigenvalue weighted by atomic mass is 16.3. The van der Waals surface area contributed by atoms with E-state index in [0.717, 1.165) is 5.56 Å². The average Bonchev–Trinajstić information content (AvgIpc) is 2.27. The van der Waals surface area contributed by atoms with Crippen molar-refractivity contribution in [3.63, 3.8) is 0 Å². The van der Waals surface area contributed by atoms with Crippen LogP contribution in [0.25, 0.3) is 6.08 Å². The minimum absolute atomic E-state index is 0.00278. The normalized spacial score (nSPS) is 10.8. The van der Waals surface area contributed by atoms with Gasteiger partial charge in [-0.25, -0.2) is 0 Å². The van der Waals surface area contributed by atoms with Gasteiger partial charge < -0.3 is 10.2 Å². The number of carbonyl (C=O) groups is 1. The van der Waals surface area contributed by atoms with Crippen molar-refractivity contribution in [3.05, 3.63) is 35.4 Å². The van der Waals surface area contributed by atoms with Crippen LogP contribution in [0.5, 0.6) is 5.75 Å². The summed E-state index contributed by atoms with van der Waals surface area (Å²) < 4.78 is 0. The summed E-state index contributed by atoms with van der Waals surface area (Å²) in [6.45, 7) is 1.70. The van der Waals surface area contributed by atoms with Crippen LogP contribution in [0.3, 0.4) is 0 Å². The molecule has 1 rings (SSSR count). The Labute approximate surface area is 88.7 Å². The third-order valence-corrected chi connectivity index (χ3v) is 2.06. The first kappa shape index (κ1) is 11.5. The van der Waals surface area contributed by atoms with Crippen molar-refractivity contribution in [2.75, 3.05) is 6.61 Å². The molecule has 15 heavy (non-hydrogen) atoms. The van der Waals surface area contributed by atoms with Crippen LogP contribution < -0.4 is 0 Å². The summed E-state index contributed by atoms with van der Waals surface area (Å²) in [5.41, 5.74) is 1.12. The van der Waals surface area contributed by atoms with Gasteiger partial charge in [-0.05, 0) is 17.7 Å². The van der Waals surface area contributed by atoms with E-state index < -0.39 is 0 Å². The first-order valence-corrected chi connectivity index (χ1v) is 4.82. The number of aromatic hydroxyl groups is 1. The van der Waals surface area contributed by atoms with Crippen molar-refractivity contribution in [2.24, 2.45) is 0 Å². The van der Waals surface area contributed by atoms with Gasteiger partial charge >= 0.3 is 0 Å². The molecule has 0 saturated heterocycles. The monoisotopic (exact) mass is 206 g/mol.